The fourth-order valence-corrected chi connectivity index (χ4v) is 12.0. The van der Waals surface area contributed by atoms with Gasteiger partial charge in [-0.05, 0) is 120 Å². The van der Waals surface area contributed by atoms with Crippen molar-refractivity contribution in [2.24, 2.45) is 0 Å². The molecule has 0 N–H and O–H groups in total. The van der Waals surface area contributed by atoms with E-state index in [1.807, 2.05) is 11.3 Å². The lowest BCUT2D eigenvalue weighted by Gasteiger charge is -2.35. The van der Waals surface area contributed by atoms with Gasteiger partial charge in [-0.3, -0.25) is 0 Å². The second kappa shape index (κ2) is 14.2. The summed E-state index contributed by atoms with van der Waals surface area (Å²) < 4.78 is 1.32. The Morgan fingerprint density at radius 2 is 0.887 bits per heavy atom. The predicted molar refractivity (Wildman–Crippen MR) is 262 cm³/mol. The molecule has 0 atom stereocenters. The molecule has 2 aliphatic carbocycles. The molecule has 2 heteroatoms. The number of fused-ring (bicyclic) bond motifs is 8. The van der Waals surface area contributed by atoms with Gasteiger partial charge in [-0.15, -0.1) is 11.3 Å². The number of anilines is 3. The maximum atomic E-state index is 2.43. The van der Waals surface area contributed by atoms with E-state index < -0.39 is 5.41 Å². The molecular weight excluding hydrogens is 767 g/mol. The lowest BCUT2D eigenvalue weighted by Crippen LogP contribution is -2.29. The summed E-state index contributed by atoms with van der Waals surface area (Å²) in [5.41, 5.74) is 19.7. The molecule has 1 aromatic heterocycles. The highest BCUT2D eigenvalue weighted by Gasteiger charge is 2.49. The number of hydrogen-bond donors (Lipinski definition) is 0. The summed E-state index contributed by atoms with van der Waals surface area (Å²) in [5, 5.41) is 1.33. The van der Waals surface area contributed by atoms with Crippen molar-refractivity contribution in [3.63, 3.8) is 0 Å². The molecule has 0 saturated heterocycles. The topological polar surface area (TPSA) is 3.24 Å². The van der Waals surface area contributed by atoms with Gasteiger partial charge in [0.2, 0.25) is 0 Å². The van der Waals surface area contributed by atoms with Crippen molar-refractivity contribution in [3.05, 3.63) is 258 Å². The third-order valence-corrected chi connectivity index (χ3v) is 14.8. The van der Waals surface area contributed by atoms with E-state index in [4.69, 9.17) is 0 Å². The maximum absolute atomic E-state index is 2.43. The summed E-state index contributed by atoms with van der Waals surface area (Å²) >= 11 is 1.92. The molecule has 2 aliphatic rings. The lowest BCUT2D eigenvalue weighted by atomic mass is 9.65. The monoisotopic (exact) mass is 809 g/mol. The van der Waals surface area contributed by atoms with Crippen molar-refractivity contribution >= 4 is 38.5 Å². The van der Waals surface area contributed by atoms with Crippen molar-refractivity contribution in [2.45, 2.75) is 24.7 Å². The van der Waals surface area contributed by atoms with Gasteiger partial charge in [0, 0.05) is 32.1 Å². The summed E-state index contributed by atoms with van der Waals surface area (Å²) in [6, 6.07) is 83.3. The Bertz CT molecular complexity index is 3250. The van der Waals surface area contributed by atoms with E-state index in [9.17, 15) is 0 Å². The minimum Gasteiger partial charge on any atom is -0.310 e. The highest BCUT2D eigenvalue weighted by Crippen LogP contribution is 2.63. The average molecular weight is 810 g/mol. The number of thiophene rings is 1. The molecule has 0 fully saturated rings. The van der Waals surface area contributed by atoms with Crippen LogP contribution in [0.4, 0.5) is 17.1 Å². The van der Waals surface area contributed by atoms with Crippen molar-refractivity contribution in [1.29, 1.82) is 0 Å². The van der Waals surface area contributed by atoms with E-state index in [0.717, 1.165) is 17.1 Å². The number of hydrogen-bond acceptors (Lipinski definition) is 2. The molecule has 10 aromatic rings. The third-order valence-electron chi connectivity index (χ3n) is 13.6. The molecule has 0 amide bonds. The van der Waals surface area contributed by atoms with Crippen LogP contribution in [0.5, 0.6) is 0 Å². The third kappa shape index (κ3) is 5.40. The minimum absolute atomic E-state index is 0.112. The highest BCUT2D eigenvalue weighted by molar-refractivity contribution is 7.22. The quantitative estimate of drug-likeness (QED) is 0.155. The SMILES string of the molecule is CC1(C)c2ccccc2-c2ccc(N(c3ccc(-c4ccccc4)cc3)c3ccc(-c4cccc5c4C(c4ccccc4)(c4ccccc4)c4c-5sc5ccccc45)cc3)cc21. The van der Waals surface area contributed by atoms with E-state index >= 15 is 0 Å². The van der Waals surface area contributed by atoms with E-state index in [1.165, 1.54) is 87.3 Å². The first-order valence-electron chi connectivity index (χ1n) is 21.6. The summed E-state index contributed by atoms with van der Waals surface area (Å²) in [4.78, 5) is 3.79. The van der Waals surface area contributed by atoms with Crippen LogP contribution in [0.1, 0.15) is 47.2 Å². The maximum Gasteiger partial charge on any atom is 0.0734 e. The molecular formula is C60H43NS. The Kier molecular flexibility index (Phi) is 8.36. The number of benzene rings is 9. The molecule has 0 saturated carbocycles. The van der Waals surface area contributed by atoms with Gasteiger partial charge in [-0.25, -0.2) is 0 Å². The summed E-state index contributed by atoms with van der Waals surface area (Å²) in [6.07, 6.45) is 0. The highest BCUT2D eigenvalue weighted by atomic mass is 32.1. The van der Waals surface area contributed by atoms with Gasteiger partial charge in [0.1, 0.15) is 0 Å². The Morgan fingerprint density at radius 3 is 1.58 bits per heavy atom. The first-order chi connectivity index (χ1) is 30.5. The van der Waals surface area contributed by atoms with Crippen LogP contribution in [-0.2, 0) is 10.8 Å². The van der Waals surface area contributed by atoms with E-state index in [0.29, 0.717) is 0 Å². The van der Waals surface area contributed by atoms with Gasteiger partial charge < -0.3 is 4.90 Å². The predicted octanol–water partition coefficient (Wildman–Crippen LogP) is 16.4. The first-order valence-corrected chi connectivity index (χ1v) is 22.4. The van der Waals surface area contributed by atoms with Crippen LogP contribution in [0.15, 0.2) is 224 Å². The van der Waals surface area contributed by atoms with E-state index in [-0.39, 0.29) is 5.41 Å². The molecule has 62 heavy (non-hydrogen) atoms. The molecule has 12 rings (SSSR count). The summed E-state index contributed by atoms with van der Waals surface area (Å²) in [5.74, 6) is 0. The minimum atomic E-state index is -0.511. The van der Waals surface area contributed by atoms with Gasteiger partial charge in [-0.1, -0.05) is 196 Å². The Morgan fingerprint density at radius 1 is 0.371 bits per heavy atom. The molecule has 0 spiro atoms. The fourth-order valence-electron chi connectivity index (χ4n) is 10.7. The van der Waals surface area contributed by atoms with Crippen LogP contribution in [0.3, 0.4) is 0 Å². The van der Waals surface area contributed by atoms with Gasteiger partial charge in [0.05, 0.1) is 5.41 Å². The second-order valence-corrected chi connectivity index (χ2v) is 18.3. The van der Waals surface area contributed by atoms with Gasteiger partial charge in [0.15, 0.2) is 0 Å². The fraction of sp³-hybridized carbons (Fsp3) is 0.0667. The normalized spacial score (nSPS) is 13.9. The van der Waals surface area contributed by atoms with Crippen molar-refractivity contribution in [3.8, 4) is 43.8 Å². The summed E-state index contributed by atoms with van der Waals surface area (Å²) in [7, 11) is 0. The average Bonchev–Trinajstić information content (AvgIpc) is 3.94. The molecule has 9 aromatic carbocycles. The molecule has 1 nitrogen and oxygen atoms in total. The second-order valence-electron chi connectivity index (χ2n) is 17.2. The molecule has 1 heterocycles. The van der Waals surface area contributed by atoms with Crippen LogP contribution < -0.4 is 4.90 Å². The zero-order valence-corrected chi connectivity index (χ0v) is 35.5. The molecule has 294 valence electrons. The number of rotatable bonds is 7. The van der Waals surface area contributed by atoms with E-state index in [2.05, 4.69) is 243 Å². The molecule has 0 aliphatic heterocycles. The first kappa shape index (κ1) is 36.6. The standard InChI is InChI=1S/C60H43NS/c1-59(2)53-27-14-12-23-49(53)50-38-37-47(39-54(50)59)61(45-33-29-41(30-34-45)40-17-6-3-7-18-40)46-35-31-42(32-36-46)48-25-16-26-52-56(48)60(43-19-8-4-9-20-43,44-21-10-5-11-22-44)57-51-24-13-15-28-55(51)62-58(52)57/h3-39H,1-2H3. The Hall–Kier alpha value is -7.26. The van der Waals surface area contributed by atoms with Crippen LogP contribution in [0.2, 0.25) is 0 Å². The number of nitrogens with zero attached hydrogens (tertiary/aromatic N) is 1. The Labute approximate surface area is 367 Å². The van der Waals surface area contributed by atoms with Crippen molar-refractivity contribution in [1.82, 2.24) is 0 Å². The van der Waals surface area contributed by atoms with Crippen LogP contribution in [0, 0.1) is 0 Å². The lowest BCUT2D eigenvalue weighted by molar-refractivity contribution is 0.660. The molecule has 0 unspecified atom stereocenters. The van der Waals surface area contributed by atoms with Crippen molar-refractivity contribution in [2.75, 3.05) is 4.90 Å². The largest absolute Gasteiger partial charge is 0.310 e. The van der Waals surface area contributed by atoms with Gasteiger partial charge in [0.25, 0.3) is 0 Å². The smallest absolute Gasteiger partial charge is 0.0734 e. The van der Waals surface area contributed by atoms with Crippen LogP contribution >= 0.6 is 11.3 Å². The van der Waals surface area contributed by atoms with Crippen molar-refractivity contribution < 1.29 is 0 Å². The van der Waals surface area contributed by atoms with E-state index in [1.54, 1.807) is 0 Å². The van der Waals surface area contributed by atoms with Gasteiger partial charge >= 0.3 is 0 Å². The zero-order chi connectivity index (χ0) is 41.4. The van der Waals surface area contributed by atoms with Gasteiger partial charge in [-0.2, -0.15) is 0 Å². The van der Waals surface area contributed by atoms with Crippen LogP contribution in [0.25, 0.3) is 53.9 Å². The Balaban J connectivity index is 1.04. The molecule has 0 bridgehead atoms. The summed E-state index contributed by atoms with van der Waals surface area (Å²) in [6.45, 7) is 4.72. The van der Waals surface area contributed by atoms with Crippen LogP contribution in [-0.4, -0.2) is 0 Å². The molecule has 0 radical (unpaired) electrons. The zero-order valence-electron chi connectivity index (χ0n) is 34.7.